The molecule has 1 nitrogen and oxygen atoms in total. The maximum Gasteiger partial charge on any atom is 0.00750 e. The summed E-state index contributed by atoms with van der Waals surface area (Å²) in [5, 5.41) is 3.54. The zero-order valence-electron chi connectivity index (χ0n) is 9.23. The first kappa shape index (κ1) is 11.4. The summed E-state index contributed by atoms with van der Waals surface area (Å²) >= 11 is 2.09. The Kier molecular flexibility index (Phi) is 4.60. The molecule has 0 aromatic carbocycles. The molecule has 1 N–H and O–H groups in total. The monoisotopic (exact) mass is 201 g/mol. The summed E-state index contributed by atoms with van der Waals surface area (Å²) < 4.78 is 0.448. The van der Waals surface area contributed by atoms with Gasteiger partial charge in [0.1, 0.15) is 0 Å². The molecule has 0 bridgehead atoms. The zero-order chi connectivity index (χ0) is 9.73. The highest BCUT2D eigenvalue weighted by Crippen LogP contribution is 2.24. The lowest BCUT2D eigenvalue weighted by molar-refractivity contribution is 0.553. The fourth-order valence-electron chi connectivity index (χ4n) is 1.71. The summed E-state index contributed by atoms with van der Waals surface area (Å²) in [7, 11) is 0. The molecular formula is C11H23NS. The van der Waals surface area contributed by atoms with Crippen molar-refractivity contribution >= 4 is 11.8 Å². The molecule has 1 rings (SSSR count). The van der Waals surface area contributed by atoms with Gasteiger partial charge in [-0.15, -0.1) is 0 Å². The summed E-state index contributed by atoms with van der Waals surface area (Å²) in [4.78, 5) is 0. The van der Waals surface area contributed by atoms with Crippen LogP contribution in [0, 0.1) is 0 Å². The molecule has 1 aliphatic rings. The molecule has 1 fully saturated rings. The number of rotatable bonds is 4. The van der Waals surface area contributed by atoms with Crippen LogP contribution in [0.5, 0.6) is 0 Å². The second-order valence-corrected chi connectivity index (χ2v) is 6.82. The van der Waals surface area contributed by atoms with Crippen molar-refractivity contribution in [2.75, 3.05) is 12.3 Å². The maximum atomic E-state index is 3.54. The Labute approximate surface area is 87.1 Å². The molecule has 0 radical (unpaired) electrons. The summed E-state index contributed by atoms with van der Waals surface area (Å²) in [6.07, 6.45) is 5.54. The highest BCUT2D eigenvalue weighted by molar-refractivity contribution is 8.00. The summed E-state index contributed by atoms with van der Waals surface area (Å²) in [5.74, 6) is 1.32. The van der Waals surface area contributed by atoms with Crippen LogP contribution in [0.3, 0.4) is 0 Å². The predicted molar refractivity (Wildman–Crippen MR) is 62.5 cm³/mol. The minimum Gasteiger partial charge on any atom is -0.314 e. The van der Waals surface area contributed by atoms with Gasteiger partial charge >= 0.3 is 0 Å². The lowest BCUT2D eigenvalue weighted by atomic mass is 10.1. The molecule has 1 heterocycles. The number of nitrogens with one attached hydrogen (secondary N) is 1. The molecule has 0 spiro atoms. The molecule has 13 heavy (non-hydrogen) atoms. The Bertz CT molecular complexity index is 134. The van der Waals surface area contributed by atoms with Crippen LogP contribution in [0.4, 0.5) is 0 Å². The molecule has 0 aromatic heterocycles. The van der Waals surface area contributed by atoms with E-state index in [4.69, 9.17) is 0 Å². The van der Waals surface area contributed by atoms with Crippen molar-refractivity contribution in [2.45, 2.75) is 57.2 Å². The van der Waals surface area contributed by atoms with E-state index in [-0.39, 0.29) is 0 Å². The number of hydrogen-bond donors (Lipinski definition) is 1. The van der Waals surface area contributed by atoms with Crippen LogP contribution < -0.4 is 5.32 Å². The predicted octanol–water partition coefficient (Wildman–Crippen LogP) is 3.05. The van der Waals surface area contributed by atoms with Gasteiger partial charge in [-0.05, 0) is 38.0 Å². The molecule has 1 aliphatic heterocycles. The van der Waals surface area contributed by atoms with E-state index in [2.05, 4.69) is 37.8 Å². The second-order valence-electron chi connectivity index (χ2n) is 4.90. The van der Waals surface area contributed by atoms with Gasteiger partial charge in [-0.1, -0.05) is 20.8 Å². The van der Waals surface area contributed by atoms with Gasteiger partial charge in [-0.3, -0.25) is 0 Å². The Hall–Kier alpha value is 0.310. The normalized spacial score (nSPS) is 23.8. The van der Waals surface area contributed by atoms with Crippen LogP contribution >= 0.6 is 11.8 Å². The highest BCUT2D eigenvalue weighted by atomic mass is 32.2. The fraction of sp³-hybridized carbons (Fsp3) is 1.00. The van der Waals surface area contributed by atoms with Crippen LogP contribution in [0.1, 0.15) is 46.5 Å². The fourth-order valence-corrected chi connectivity index (χ4v) is 2.63. The van der Waals surface area contributed by atoms with Crippen molar-refractivity contribution in [2.24, 2.45) is 0 Å². The molecular weight excluding hydrogens is 178 g/mol. The van der Waals surface area contributed by atoms with Gasteiger partial charge in [-0.2, -0.15) is 11.8 Å². The Morgan fingerprint density at radius 1 is 1.38 bits per heavy atom. The van der Waals surface area contributed by atoms with Crippen LogP contribution in [0.25, 0.3) is 0 Å². The molecule has 1 unspecified atom stereocenters. The Morgan fingerprint density at radius 3 is 2.69 bits per heavy atom. The molecule has 2 heteroatoms. The summed E-state index contributed by atoms with van der Waals surface area (Å²) in [6.45, 7) is 8.14. The second kappa shape index (κ2) is 5.26. The third-order valence-corrected chi connectivity index (χ3v) is 3.75. The van der Waals surface area contributed by atoms with Crippen LogP contribution in [-0.4, -0.2) is 23.1 Å². The van der Waals surface area contributed by atoms with Crippen molar-refractivity contribution in [3.63, 3.8) is 0 Å². The quantitative estimate of drug-likeness (QED) is 0.702. The molecule has 0 saturated carbocycles. The Balaban J connectivity index is 1.94. The lowest BCUT2D eigenvalue weighted by Crippen LogP contribution is -2.21. The molecule has 1 atom stereocenters. The highest BCUT2D eigenvalue weighted by Gasteiger charge is 2.14. The molecule has 1 saturated heterocycles. The van der Waals surface area contributed by atoms with E-state index in [9.17, 15) is 0 Å². The van der Waals surface area contributed by atoms with Crippen LogP contribution in [0.15, 0.2) is 0 Å². The average Bonchev–Trinajstić information content (AvgIpc) is 2.48. The summed E-state index contributed by atoms with van der Waals surface area (Å²) in [5.41, 5.74) is 0. The van der Waals surface area contributed by atoms with E-state index in [0.29, 0.717) is 4.75 Å². The minimum absolute atomic E-state index is 0.448. The topological polar surface area (TPSA) is 12.0 Å². The smallest absolute Gasteiger partial charge is 0.00750 e. The standard InChI is InChI=1S/C11H23NS/c1-11(2,3)13-9-5-7-10-6-4-8-12-10/h10,12H,4-9H2,1-3H3. The van der Waals surface area contributed by atoms with E-state index in [1.165, 1.54) is 38.0 Å². The minimum atomic E-state index is 0.448. The van der Waals surface area contributed by atoms with Crippen molar-refractivity contribution in [3.05, 3.63) is 0 Å². The first-order chi connectivity index (χ1) is 6.08. The average molecular weight is 201 g/mol. The van der Waals surface area contributed by atoms with E-state index in [1.54, 1.807) is 0 Å². The van der Waals surface area contributed by atoms with Gasteiger partial charge in [0.25, 0.3) is 0 Å². The van der Waals surface area contributed by atoms with Gasteiger partial charge in [-0.25, -0.2) is 0 Å². The summed E-state index contributed by atoms with van der Waals surface area (Å²) in [6, 6.07) is 0.834. The molecule has 0 amide bonds. The third-order valence-electron chi connectivity index (χ3n) is 2.39. The SMILES string of the molecule is CC(C)(C)SCCCC1CCCN1. The van der Waals surface area contributed by atoms with E-state index < -0.39 is 0 Å². The molecule has 0 aromatic rings. The largest absolute Gasteiger partial charge is 0.314 e. The number of hydrogen-bond acceptors (Lipinski definition) is 2. The first-order valence-corrected chi connectivity index (χ1v) is 6.44. The van der Waals surface area contributed by atoms with Gasteiger partial charge in [0.05, 0.1) is 0 Å². The zero-order valence-corrected chi connectivity index (χ0v) is 10.0. The lowest BCUT2D eigenvalue weighted by Gasteiger charge is -2.18. The van der Waals surface area contributed by atoms with Crippen molar-refractivity contribution in [3.8, 4) is 0 Å². The molecule has 78 valence electrons. The van der Waals surface area contributed by atoms with Gasteiger partial charge in [0.15, 0.2) is 0 Å². The van der Waals surface area contributed by atoms with Gasteiger partial charge in [0, 0.05) is 10.8 Å². The third kappa shape index (κ3) is 5.58. The van der Waals surface area contributed by atoms with Crippen molar-refractivity contribution < 1.29 is 0 Å². The van der Waals surface area contributed by atoms with E-state index >= 15 is 0 Å². The van der Waals surface area contributed by atoms with Gasteiger partial charge < -0.3 is 5.32 Å². The van der Waals surface area contributed by atoms with Crippen molar-refractivity contribution in [1.29, 1.82) is 0 Å². The van der Waals surface area contributed by atoms with Crippen molar-refractivity contribution in [1.82, 2.24) is 5.32 Å². The maximum absolute atomic E-state index is 3.54. The van der Waals surface area contributed by atoms with E-state index in [0.717, 1.165) is 6.04 Å². The van der Waals surface area contributed by atoms with Crippen LogP contribution in [-0.2, 0) is 0 Å². The number of thioether (sulfide) groups is 1. The molecule has 0 aliphatic carbocycles. The van der Waals surface area contributed by atoms with Crippen LogP contribution in [0.2, 0.25) is 0 Å². The first-order valence-electron chi connectivity index (χ1n) is 5.45. The van der Waals surface area contributed by atoms with Gasteiger partial charge in [0.2, 0.25) is 0 Å². The Morgan fingerprint density at radius 2 is 2.15 bits per heavy atom. The van der Waals surface area contributed by atoms with E-state index in [1.807, 2.05) is 0 Å².